The lowest BCUT2D eigenvalue weighted by molar-refractivity contribution is -0.127. The van der Waals surface area contributed by atoms with Crippen molar-refractivity contribution in [2.45, 2.75) is 25.4 Å². The number of carbonyl (C=O) groups is 1. The van der Waals surface area contributed by atoms with Crippen LogP contribution in [-0.4, -0.2) is 31.4 Å². The Morgan fingerprint density at radius 1 is 1.50 bits per heavy atom. The fourth-order valence-corrected chi connectivity index (χ4v) is 3.12. The fourth-order valence-electron chi connectivity index (χ4n) is 1.34. The van der Waals surface area contributed by atoms with E-state index in [2.05, 4.69) is 0 Å². The lowest BCUT2D eigenvalue weighted by Crippen LogP contribution is -2.44. The molecule has 1 heterocycles. The third-order valence-corrected chi connectivity index (χ3v) is 3.92. The smallest absolute Gasteiger partial charge is 0.182 e. The van der Waals surface area contributed by atoms with E-state index in [9.17, 15) is 17.6 Å². The van der Waals surface area contributed by atoms with Crippen molar-refractivity contribution in [2.24, 2.45) is 0 Å². The van der Waals surface area contributed by atoms with Crippen LogP contribution in [0.5, 0.6) is 0 Å². The summed E-state index contributed by atoms with van der Waals surface area (Å²) in [6.07, 6.45) is 0.292. The topological polar surface area (TPSA) is 51.2 Å². The molecule has 0 spiro atoms. The van der Waals surface area contributed by atoms with Gasteiger partial charge in [0, 0.05) is 0 Å². The van der Waals surface area contributed by atoms with E-state index in [-0.39, 0.29) is 18.6 Å². The summed E-state index contributed by atoms with van der Waals surface area (Å²) in [4.78, 5) is 10.8. The van der Waals surface area contributed by atoms with Crippen molar-refractivity contribution >= 4 is 15.6 Å². The summed E-state index contributed by atoms with van der Waals surface area (Å²) < 4.78 is 35.4. The molecule has 0 aliphatic carbocycles. The van der Waals surface area contributed by atoms with Gasteiger partial charge in [0.15, 0.2) is 21.3 Å². The van der Waals surface area contributed by atoms with Crippen LogP contribution < -0.4 is 0 Å². The maximum absolute atomic E-state index is 13.5. The van der Waals surface area contributed by atoms with E-state index >= 15 is 0 Å². The van der Waals surface area contributed by atoms with E-state index in [0.717, 1.165) is 6.92 Å². The van der Waals surface area contributed by atoms with E-state index in [1.165, 1.54) is 0 Å². The van der Waals surface area contributed by atoms with Gasteiger partial charge in [-0.05, 0) is 19.8 Å². The van der Waals surface area contributed by atoms with Crippen LogP contribution in [0.15, 0.2) is 0 Å². The summed E-state index contributed by atoms with van der Waals surface area (Å²) in [6, 6.07) is 0. The van der Waals surface area contributed by atoms with Crippen LogP contribution in [0.4, 0.5) is 4.39 Å². The molecule has 0 N–H and O–H groups in total. The molecule has 1 atom stereocenters. The number of hydrogen-bond donors (Lipinski definition) is 0. The monoisotopic (exact) mass is 194 g/mol. The van der Waals surface area contributed by atoms with E-state index in [0.29, 0.717) is 0 Å². The first-order valence-electron chi connectivity index (χ1n) is 3.76. The largest absolute Gasteiger partial charge is 0.296 e. The molecule has 0 amide bonds. The lowest BCUT2D eigenvalue weighted by atomic mass is 9.98. The first-order valence-corrected chi connectivity index (χ1v) is 5.58. The van der Waals surface area contributed by atoms with Crippen LogP contribution in [0, 0.1) is 0 Å². The Bertz CT molecular complexity index is 296. The number of sulfone groups is 1. The molecule has 70 valence electrons. The van der Waals surface area contributed by atoms with Crippen molar-refractivity contribution in [3.8, 4) is 0 Å². The van der Waals surface area contributed by atoms with Crippen LogP contribution >= 0.6 is 0 Å². The zero-order valence-corrected chi connectivity index (χ0v) is 7.66. The molecule has 1 fully saturated rings. The van der Waals surface area contributed by atoms with Gasteiger partial charge in [0.1, 0.15) is 0 Å². The molecular formula is C7H11FO3S. The van der Waals surface area contributed by atoms with Crippen LogP contribution in [0.2, 0.25) is 0 Å². The summed E-state index contributed by atoms with van der Waals surface area (Å²) in [5.74, 6) is -1.30. The number of rotatable bonds is 1. The summed E-state index contributed by atoms with van der Waals surface area (Å²) >= 11 is 0. The second-order valence-corrected chi connectivity index (χ2v) is 5.40. The molecule has 0 bridgehead atoms. The Labute approximate surface area is 70.9 Å². The van der Waals surface area contributed by atoms with Gasteiger partial charge in [-0.3, -0.25) is 4.79 Å². The molecule has 0 aromatic carbocycles. The Hall–Kier alpha value is -0.450. The summed E-state index contributed by atoms with van der Waals surface area (Å²) in [6.45, 7) is 1.10. The third-order valence-electron chi connectivity index (χ3n) is 2.11. The minimum absolute atomic E-state index is 0.00590. The average Bonchev–Trinajstić information content (AvgIpc) is 1.83. The zero-order valence-electron chi connectivity index (χ0n) is 6.84. The molecule has 5 heteroatoms. The molecule has 0 radical (unpaired) electrons. The van der Waals surface area contributed by atoms with E-state index in [1.54, 1.807) is 0 Å². The van der Waals surface area contributed by atoms with Crippen molar-refractivity contribution in [3.63, 3.8) is 0 Å². The van der Waals surface area contributed by atoms with Crippen molar-refractivity contribution < 1.29 is 17.6 Å². The van der Waals surface area contributed by atoms with Crippen molar-refractivity contribution in [1.82, 2.24) is 0 Å². The maximum atomic E-state index is 13.5. The van der Waals surface area contributed by atoms with Crippen molar-refractivity contribution in [3.05, 3.63) is 0 Å². The predicted octanol–water partition coefficient (Wildman–Crippen LogP) is 0.492. The van der Waals surface area contributed by atoms with E-state index in [4.69, 9.17) is 0 Å². The Kier molecular flexibility index (Phi) is 2.25. The van der Waals surface area contributed by atoms with Gasteiger partial charge in [-0.1, -0.05) is 0 Å². The highest BCUT2D eigenvalue weighted by Gasteiger charge is 2.43. The number of Topliss-reactive ketones (excluding diaryl/α,β-unsaturated/α-hetero) is 1. The quantitative estimate of drug-likeness (QED) is 0.610. The maximum Gasteiger partial charge on any atom is 0.182 e. The number of hydrogen-bond acceptors (Lipinski definition) is 3. The van der Waals surface area contributed by atoms with Crippen molar-refractivity contribution in [1.29, 1.82) is 0 Å². The zero-order chi connectivity index (χ0) is 9.41. The predicted molar refractivity (Wildman–Crippen MR) is 42.4 cm³/mol. The highest BCUT2D eigenvalue weighted by atomic mass is 32.2. The molecule has 1 aliphatic heterocycles. The first-order chi connectivity index (χ1) is 5.36. The van der Waals surface area contributed by atoms with Gasteiger partial charge in [-0.25, -0.2) is 12.8 Å². The van der Waals surface area contributed by atoms with Gasteiger partial charge in [0.05, 0.1) is 11.5 Å². The fraction of sp³-hybridized carbons (Fsp3) is 0.857. The number of halogens is 1. The summed E-state index contributed by atoms with van der Waals surface area (Å²) in [5.41, 5.74) is -2.11. The van der Waals surface area contributed by atoms with Crippen molar-refractivity contribution in [2.75, 3.05) is 11.5 Å². The minimum Gasteiger partial charge on any atom is -0.296 e. The highest BCUT2D eigenvalue weighted by molar-refractivity contribution is 7.91. The van der Waals surface area contributed by atoms with Gasteiger partial charge < -0.3 is 0 Å². The molecule has 1 rings (SSSR count). The Morgan fingerprint density at radius 2 is 2.08 bits per heavy atom. The number of carbonyl (C=O) groups excluding carboxylic acids is 1. The Morgan fingerprint density at radius 3 is 2.42 bits per heavy atom. The highest BCUT2D eigenvalue weighted by Crippen LogP contribution is 2.27. The lowest BCUT2D eigenvalue weighted by Gasteiger charge is -2.26. The third kappa shape index (κ3) is 1.83. The van der Waals surface area contributed by atoms with Gasteiger partial charge >= 0.3 is 0 Å². The Balaban J connectivity index is 2.89. The summed E-state index contributed by atoms with van der Waals surface area (Å²) in [5, 5.41) is 0. The SMILES string of the molecule is CC(=O)C1(F)CCCS(=O)(=O)C1. The summed E-state index contributed by atoms with van der Waals surface area (Å²) in [7, 11) is -3.33. The number of alkyl halides is 1. The second kappa shape index (κ2) is 2.80. The normalized spacial score (nSPS) is 34.5. The van der Waals surface area contributed by atoms with Crippen LogP contribution in [-0.2, 0) is 14.6 Å². The first kappa shape index (κ1) is 9.64. The molecule has 1 aliphatic rings. The van der Waals surface area contributed by atoms with E-state index < -0.39 is 27.0 Å². The molecule has 1 saturated heterocycles. The van der Waals surface area contributed by atoms with Gasteiger partial charge in [0.25, 0.3) is 0 Å². The second-order valence-electron chi connectivity index (χ2n) is 3.22. The van der Waals surface area contributed by atoms with Crippen LogP contribution in [0.1, 0.15) is 19.8 Å². The van der Waals surface area contributed by atoms with Gasteiger partial charge in [-0.15, -0.1) is 0 Å². The minimum atomic E-state index is -3.33. The molecule has 12 heavy (non-hydrogen) atoms. The average molecular weight is 194 g/mol. The number of ketones is 1. The molecule has 3 nitrogen and oxygen atoms in total. The van der Waals surface area contributed by atoms with E-state index in [1.807, 2.05) is 0 Å². The van der Waals surface area contributed by atoms with Gasteiger partial charge in [0.2, 0.25) is 0 Å². The van der Waals surface area contributed by atoms with Gasteiger partial charge in [-0.2, -0.15) is 0 Å². The molecule has 0 saturated carbocycles. The molecular weight excluding hydrogens is 183 g/mol. The molecule has 1 unspecified atom stereocenters. The molecule has 0 aromatic rings. The molecule has 0 aromatic heterocycles. The van der Waals surface area contributed by atoms with Crippen LogP contribution in [0.25, 0.3) is 0 Å². The standard InChI is InChI=1S/C7H11FO3S/c1-6(9)7(8)3-2-4-12(10,11)5-7/h2-5H2,1H3. The van der Waals surface area contributed by atoms with Crippen LogP contribution in [0.3, 0.4) is 0 Å².